The Bertz CT molecular complexity index is 706. The zero-order chi connectivity index (χ0) is 16.9. The van der Waals surface area contributed by atoms with Gasteiger partial charge in [-0.25, -0.2) is 0 Å². The van der Waals surface area contributed by atoms with Crippen molar-refractivity contribution in [1.82, 2.24) is 9.88 Å². The maximum Gasteiger partial charge on any atom is 0.223 e. The van der Waals surface area contributed by atoms with Crippen LogP contribution in [-0.2, 0) is 11.2 Å². The number of benzene rings is 1. The minimum atomic E-state index is 0.181. The molecular formula is C19H21ClN2O2. The third kappa shape index (κ3) is 3.70. The highest BCUT2D eigenvalue weighted by molar-refractivity contribution is 6.32. The smallest absolute Gasteiger partial charge is 0.223 e. The van der Waals surface area contributed by atoms with E-state index in [2.05, 4.69) is 4.98 Å². The molecule has 2 heterocycles. The zero-order valence-electron chi connectivity index (χ0n) is 13.7. The number of aromatic nitrogens is 1. The van der Waals surface area contributed by atoms with Crippen molar-refractivity contribution in [2.24, 2.45) is 0 Å². The minimum absolute atomic E-state index is 0.181. The van der Waals surface area contributed by atoms with Gasteiger partial charge in [0.15, 0.2) is 0 Å². The summed E-state index contributed by atoms with van der Waals surface area (Å²) in [5.74, 6) is 0.852. The van der Waals surface area contributed by atoms with Gasteiger partial charge in [-0.3, -0.25) is 9.78 Å². The Balaban J connectivity index is 1.63. The highest BCUT2D eigenvalue weighted by atomic mass is 35.5. The van der Waals surface area contributed by atoms with Gasteiger partial charge in [-0.2, -0.15) is 0 Å². The lowest BCUT2D eigenvalue weighted by atomic mass is 10.0. The number of rotatable bonds is 5. The van der Waals surface area contributed by atoms with Crippen molar-refractivity contribution in [3.05, 3.63) is 58.9 Å². The average molecular weight is 345 g/mol. The highest BCUT2D eigenvalue weighted by Crippen LogP contribution is 2.32. The van der Waals surface area contributed by atoms with Crippen molar-refractivity contribution in [3.8, 4) is 5.75 Å². The van der Waals surface area contributed by atoms with E-state index in [4.69, 9.17) is 16.3 Å². The number of carbonyl (C=O) groups is 1. The predicted octanol–water partition coefficient (Wildman–Crippen LogP) is 4.04. The second-order valence-electron chi connectivity index (χ2n) is 5.99. The van der Waals surface area contributed by atoms with E-state index in [9.17, 15) is 4.79 Å². The molecule has 0 aliphatic carbocycles. The standard InChI is InChI=1S/C19H21ClN2O2/c1-24-18-6-4-14(13-16(18)20)5-7-19(23)22-12-2-3-17(22)15-8-10-21-11-9-15/h4,6,8-11,13,17H,2-3,5,7,12H2,1H3. The van der Waals surface area contributed by atoms with Crippen molar-refractivity contribution < 1.29 is 9.53 Å². The summed E-state index contributed by atoms with van der Waals surface area (Å²) in [7, 11) is 1.59. The van der Waals surface area contributed by atoms with E-state index in [1.165, 1.54) is 5.56 Å². The van der Waals surface area contributed by atoms with Gasteiger partial charge in [-0.05, 0) is 54.7 Å². The first kappa shape index (κ1) is 16.8. The first-order valence-electron chi connectivity index (χ1n) is 8.21. The van der Waals surface area contributed by atoms with Crippen molar-refractivity contribution in [3.63, 3.8) is 0 Å². The number of aryl methyl sites for hydroxylation is 1. The first-order valence-corrected chi connectivity index (χ1v) is 8.58. The fourth-order valence-corrected chi connectivity index (χ4v) is 3.54. The molecule has 1 fully saturated rings. The van der Waals surface area contributed by atoms with Gasteiger partial charge in [-0.15, -0.1) is 0 Å². The molecule has 1 aliphatic rings. The summed E-state index contributed by atoms with van der Waals surface area (Å²) in [6.07, 6.45) is 6.81. The van der Waals surface area contributed by atoms with Gasteiger partial charge in [0.05, 0.1) is 18.2 Å². The third-order valence-electron chi connectivity index (χ3n) is 4.51. The number of carbonyl (C=O) groups excluding carboxylic acids is 1. The second kappa shape index (κ2) is 7.67. The largest absolute Gasteiger partial charge is 0.495 e. The summed E-state index contributed by atoms with van der Waals surface area (Å²) in [5.41, 5.74) is 2.22. The summed E-state index contributed by atoms with van der Waals surface area (Å²) in [4.78, 5) is 18.7. The summed E-state index contributed by atoms with van der Waals surface area (Å²) in [6.45, 7) is 0.829. The summed E-state index contributed by atoms with van der Waals surface area (Å²) < 4.78 is 5.16. The molecule has 0 radical (unpaired) electrons. The van der Waals surface area contributed by atoms with Crippen molar-refractivity contribution in [1.29, 1.82) is 0 Å². The number of pyridine rings is 1. The SMILES string of the molecule is COc1ccc(CCC(=O)N2CCCC2c2ccncc2)cc1Cl. The van der Waals surface area contributed by atoms with Crippen molar-refractivity contribution in [2.45, 2.75) is 31.7 Å². The third-order valence-corrected chi connectivity index (χ3v) is 4.80. The molecule has 2 aromatic rings. The lowest BCUT2D eigenvalue weighted by Gasteiger charge is -2.25. The molecule has 1 saturated heterocycles. The molecule has 0 saturated carbocycles. The summed E-state index contributed by atoms with van der Waals surface area (Å²) in [5, 5.41) is 0.582. The Labute approximate surface area is 147 Å². The number of hydrogen-bond donors (Lipinski definition) is 0. The lowest BCUT2D eigenvalue weighted by molar-refractivity contribution is -0.132. The molecule has 1 amide bonds. The summed E-state index contributed by atoms with van der Waals surface area (Å²) in [6, 6.07) is 9.86. The molecule has 3 rings (SSSR count). The van der Waals surface area contributed by atoms with E-state index in [0.717, 1.165) is 24.9 Å². The molecule has 1 aliphatic heterocycles. The van der Waals surface area contributed by atoms with E-state index >= 15 is 0 Å². The van der Waals surface area contributed by atoms with Crippen LogP contribution in [0.15, 0.2) is 42.7 Å². The van der Waals surface area contributed by atoms with E-state index < -0.39 is 0 Å². The van der Waals surface area contributed by atoms with Crippen molar-refractivity contribution in [2.75, 3.05) is 13.7 Å². The number of ether oxygens (including phenoxy) is 1. The van der Waals surface area contributed by atoms with E-state index in [1.54, 1.807) is 19.5 Å². The molecule has 1 aromatic heterocycles. The fraction of sp³-hybridized carbons (Fsp3) is 0.368. The molecule has 1 unspecified atom stereocenters. The van der Waals surface area contributed by atoms with Crippen molar-refractivity contribution >= 4 is 17.5 Å². The molecule has 1 atom stereocenters. The molecule has 4 nitrogen and oxygen atoms in total. The molecule has 0 N–H and O–H groups in total. The zero-order valence-corrected chi connectivity index (χ0v) is 14.5. The molecule has 0 bridgehead atoms. The van der Waals surface area contributed by atoms with Gasteiger partial charge in [0, 0.05) is 25.4 Å². The van der Waals surface area contributed by atoms with Crippen LogP contribution in [0.5, 0.6) is 5.75 Å². The van der Waals surface area contributed by atoms with Gasteiger partial charge >= 0.3 is 0 Å². The molecule has 0 spiro atoms. The second-order valence-corrected chi connectivity index (χ2v) is 6.40. The monoisotopic (exact) mass is 344 g/mol. The fourth-order valence-electron chi connectivity index (χ4n) is 3.26. The van der Waals surface area contributed by atoms with Crippen LogP contribution in [0.3, 0.4) is 0 Å². The van der Waals surface area contributed by atoms with Gasteiger partial charge in [0.2, 0.25) is 5.91 Å². The topological polar surface area (TPSA) is 42.4 Å². The Morgan fingerprint density at radius 1 is 1.33 bits per heavy atom. The van der Waals surface area contributed by atoms with Crippen LogP contribution in [0.4, 0.5) is 0 Å². The molecule has 24 heavy (non-hydrogen) atoms. The van der Waals surface area contributed by atoms with Crippen LogP contribution in [0.2, 0.25) is 5.02 Å². The number of methoxy groups -OCH3 is 1. The highest BCUT2D eigenvalue weighted by Gasteiger charge is 2.29. The van der Waals surface area contributed by atoms with E-state index in [1.807, 2.05) is 35.2 Å². The van der Waals surface area contributed by atoms with Gasteiger partial charge < -0.3 is 9.64 Å². The molecule has 5 heteroatoms. The quantitative estimate of drug-likeness (QED) is 0.822. The van der Waals surface area contributed by atoms with Gasteiger partial charge in [0.1, 0.15) is 5.75 Å². The number of amides is 1. The molecular weight excluding hydrogens is 324 g/mol. The maximum absolute atomic E-state index is 12.7. The molecule has 126 valence electrons. The maximum atomic E-state index is 12.7. The van der Waals surface area contributed by atoms with E-state index in [0.29, 0.717) is 23.6 Å². The predicted molar refractivity (Wildman–Crippen MR) is 94.3 cm³/mol. The Kier molecular flexibility index (Phi) is 5.36. The first-order chi connectivity index (χ1) is 11.7. The normalized spacial score (nSPS) is 17.1. The summed E-state index contributed by atoms with van der Waals surface area (Å²) >= 11 is 6.15. The van der Waals surface area contributed by atoms with Crippen LogP contribution in [0.25, 0.3) is 0 Å². The van der Waals surface area contributed by atoms with Crippen LogP contribution >= 0.6 is 11.6 Å². The molecule has 1 aromatic carbocycles. The van der Waals surface area contributed by atoms with Gasteiger partial charge in [-0.1, -0.05) is 17.7 Å². The number of likely N-dealkylation sites (tertiary alicyclic amines) is 1. The number of hydrogen-bond acceptors (Lipinski definition) is 3. The number of nitrogens with zero attached hydrogens (tertiary/aromatic N) is 2. The van der Waals surface area contributed by atoms with Crippen LogP contribution in [0, 0.1) is 0 Å². The van der Waals surface area contributed by atoms with Crippen LogP contribution in [0.1, 0.15) is 36.4 Å². The number of halogens is 1. The van der Waals surface area contributed by atoms with Crippen LogP contribution < -0.4 is 4.74 Å². The average Bonchev–Trinajstić information content (AvgIpc) is 3.10. The van der Waals surface area contributed by atoms with E-state index in [-0.39, 0.29) is 11.9 Å². The lowest BCUT2D eigenvalue weighted by Crippen LogP contribution is -2.30. The van der Waals surface area contributed by atoms with Crippen LogP contribution in [-0.4, -0.2) is 29.4 Å². The van der Waals surface area contributed by atoms with Gasteiger partial charge in [0.25, 0.3) is 0 Å². The minimum Gasteiger partial charge on any atom is -0.495 e. The Morgan fingerprint density at radius 3 is 2.83 bits per heavy atom. The Morgan fingerprint density at radius 2 is 2.12 bits per heavy atom. The Hall–Kier alpha value is -2.07.